The van der Waals surface area contributed by atoms with E-state index < -0.39 is 15.8 Å². The van der Waals surface area contributed by atoms with Crippen LogP contribution in [0.3, 0.4) is 0 Å². The number of nitrogens with zero attached hydrogens (tertiary/aromatic N) is 4. The van der Waals surface area contributed by atoms with E-state index in [-0.39, 0.29) is 27.6 Å². The molecule has 0 atom stereocenters. The number of anilines is 1. The fourth-order valence-corrected chi connectivity index (χ4v) is 3.97. The molecule has 0 aliphatic carbocycles. The van der Waals surface area contributed by atoms with E-state index in [0.717, 1.165) is 0 Å². The van der Waals surface area contributed by atoms with Crippen LogP contribution in [0.2, 0.25) is 5.02 Å². The van der Waals surface area contributed by atoms with Gasteiger partial charge in [0.2, 0.25) is 0 Å². The highest BCUT2D eigenvalue weighted by molar-refractivity contribution is 7.80. The van der Waals surface area contributed by atoms with Crippen molar-refractivity contribution in [1.82, 2.24) is 10.2 Å². The van der Waals surface area contributed by atoms with E-state index in [9.17, 15) is 25.0 Å². The Morgan fingerprint density at radius 2 is 1.61 bits per heavy atom. The zero-order valence-electron chi connectivity index (χ0n) is 16.4. The summed E-state index contributed by atoms with van der Waals surface area (Å²) >= 11 is 11.5. The van der Waals surface area contributed by atoms with E-state index in [1.807, 2.05) is 4.90 Å². The van der Waals surface area contributed by atoms with Crippen molar-refractivity contribution in [1.29, 1.82) is 0 Å². The topological polar surface area (TPSA) is 122 Å². The molecule has 1 saturated heterocycles. The minimum atomic E-state index is -0.544. The number of nitro benzene ring substituents is 2. The first kappa shape index (κ1) is 22.4. The predicted molar refractivity (Wildman–Crippen MR) is 120 cm³/mol. The summed E-state index contributed by atoms with van der Waals surface area (Å²) in [5.74, 6) is -0.532. The van der Waals surface area contributed by atoms with Crippen LogP contribution in [0.4, 0.5) is 17.1 Å². The normalized spacial score (nSPS) is 13.6. The van der Waals surface area contributed by atoms with Crippen molar-refractivity contribution >= 4 is 51.9 Å². The summed E-state index contributed by atoms with van der Waals surface area (Å²) in [7, 11) is 0. The molecule has 2 aromatic carbocycles. The van der Waals surface area contributed by atoms with Gasteiger partial charge in [0, 0.05) is 49.4 Å². The van der Waals surface area contributed by atoms with E-state index in [1.165, 1.54) is 37.3 Å². The van der Waals surface area contributed by atoms with Crippen LogP contribution in [0.5, 0.6) is 0 Å². The van der Waals surface area contributed by atoms with Gasteiger partial charge in [-0.15, -0.1) is 0 Å². The Labute approximate surface area is 187 Å². The maximum Gasteiger partial charge on any atom is 0.294 e. The molecule has 1 fully saturated rings. The van der Waals surface area contributed by atoms with Gasteiger partial charge in [-0.2, -0.15) is 0 Å². The number of nitro groups is 2. The molecule has 3 rings (SSSR count). The third kappa shape index (κ3) is 4.72. The van der Waals surface area contributed by atoms with Crippen LogP contribution in [-0.4, -0.2) is 51.9 Å². The van der Waals surface area contributed by atoms with Gasteiger partial charge in [-0.05, 0) is 31.3 Å². The van der Waals surface area contributed by atoms with E-state index in [0.29, 0.717) is 36.9 Å². The standard InChI is InChI=1S/C19H18ClN5O5S/c1-12-13(4-2-6-15(12)24(27)28)18(26)21-19(31)23-10-8-22(9-11-23)17-14(20)5-3-7-16(17)25(29)30/h2-7H,8-11H2,1H3,(H,21,26,31). The summed E-state index contributed by atoms with van der Waals surface area (Å²) in [4.78, 5) is 37.6. The smallest absolute Gasteiger partial charge is 0.294 e. The first-order valence-electron chi connectivity index (χ1n) is 9.22. The summed E-state index contributed by atoms with van der Waals surface area (Å²) in [5, 5.41) is 25.5. The lowest BCUT2D eigenvalue weighted by Gasteiger charge is -2.37. The molecule has 1 aliphatic rings. The second kappa shape index (κ2) is 9.23. The van der Waals surface area contributed by atoms with Gasteiger partial charge < -0.3 is 9.80 Å². The number of benzene rings is 2. The molecule has 0 bridgehead atoms. The molecule has 1 heterocycles. The number of para-hydroxylation sites is 1. The molecule has 1 amide bonds. The van der Waals surface area contributed by atoms with Gasteiger partial charge >= 0.3 is 0 Å². The van der Waals surface area contributed by atoms with Gasteiger partial charge in [-0.1, -0.05) is 23.7 Å². The van der Waals surface area contributed by atoms with Gasteiger partial charge in [0.25, 0.3) is 17.3 Å². The highest BCUT2D eigenvalue weighted by Crippen LogP contribution is 2.35. The average molecular weight is 464 g/mol. The summed E-state index contributed by atoms with van der Waals surface area (Å²) in [6.45, 7) is 3.16. The summed E-state index contributed by atoms with van der Waals surface area (Å²) < 4.78 is 0. The van der Waals surface area contributed by atoms with Gasteiger partial charge in [0.15, 0.2) is 5.11 Å². The number of halogens is 1. The Morgan fingerprint density at radius 3 is 2.23 bits per heavy atom. The number of rotatable bonds is 4. The average Bonchev–Trinajstić information content (AvgIpc) is 2.73. The zero-order valence-corrected chi connectivity index (χ0v) is 18.0. The minimum absolute atomic E-state index is 0.0713. The summed E-state index contributed by atoms with van der Waals surface area (Å²) in [6, 6.07) is 8.80. The van der Waals surface area contributed by atoms with Gasteiger partial charge in [0.1, 0.15) is 5.69 Å². The summed E-state index contributed by atoms with van der Waals surface area (Å²) in [6.07, 6.45) is 0. The number of piperazine rings is 1. The van der Waals surface area contributed by atoms with Crippen molar-refractivity contribution in [2.75, 3.05) is 31.1 Å². The lowest BCUT2D eigenvalue weighted by atomic mass is 10.1. The number of hydrogen-bond donors (Lipinski definition) is 1. The highest BCUT2D eigenvalue weighted by Gasteiger charge is 2.27. The van der Waals surface area contributed by atoms with Gasteiger partial charge in [0.05, 0.1) is 14.9 Å². The second-order valence-electron chi connectivity index (χ2n) is 6.80. The van der Waals surface area contributed by atoms with Crippen molar-refractivity contribution in [3.8, 4) is 0 Å². The Kier molecular flexibility index (Phi) is 6.66. The SMILES string of the molecule is Cc1c(C(=O)NC(=S)N2CCN(c3c(Cl)cccc3[N+](=O)[O-])CC2)cccc1[N+](=O)[O-]. The first-order valence-corrected chi connectivity index (χ1v) is 10.0. The van der Waals surface area contributed by atoms with Crippen LogP contribution < -0.4 is 10.2 Å². The quantitative estimate of drug-likeness (QED) is 0.416. The molecule has 0 spiro atoms. The molecule has 12 heteroatoms. The third-order valence-electron chi connectivity index (χ3n) is 5.01. The Morgan fingerprint density at radius 1 is 1.03 bits per heavy atom. The Bertz CT molecular complexity index is 1070. The van der Waals surface area contributed by atoms with Crippen LogP contribution in [-0.2, 0) is 0 Å². The zero-order chi connectivity index (χ0) is 22.7. The number of nitrogens with one attached hydrogen (secondary N) is 1. The Hall–Kier alpha value is -3.31. The largest absolute Gasteiger partial charge is 0.361 e. The fourth-order valence-electron chi connectivity index (χ4n) is 3.41. The minimum Gasteiger partial charge on any atom is -0.361 e. The van der Waals surface area contributed by atoms with E-state index in [2.05, 4.69) is 5.32 Å². The number of amides is 1. The van der Waals surface area contributed by atoms with E-state index >= 15 is 0 Å². The number of carbonyl (C=O) groups excluding carboxylic acids is 1. The number of thiocarbonyl (C=S) groups is 1. The second-order valence-corrected chi connectivity index (χ2v) is 7.60. The monoisotopic (exact) mass is 463 g/mol. The molecule has 1 N–H and O–H groups in total. The van der Waals surface area contributed by atoms with Gasteiger partial charge in [-0.3, -0.25) is 30.3 Å². The van der Waals surface area contributed by atoms with Crippen molar-refractivity contribution in [3.05, 3.63) is 72.8 Å². The van der Waals surface area contributed by atoms with Crippen LogP contribution in [0.25, 0.3) is 0 Å². The van der Waals surface area contributed by atoms with Crippen molar-refractivity contribution in [2.45, 2.75) is 6.92 Å². The molecular formula is C19H18ClN5O5S. The Balaban J connectivity index is 1.67. The predicted octanol–water partition coefficient (Wildman–Crippen LogP) is 3.30. The lowest BCUT2D eigenvalue weighted by Crippen LogP contribution is -2.53. The van der Waals surface area contributed by atoms with E-state index in [1.54, 1.807) is 11.0 Å². The number of hydrogen-bond acceptors (Lipinski definition) is 7. The van der Waals surface area contributed by atoms with Crippen molar-refractivity contribution < 1.29 is 14.6 Å². The van der Waals surface area contributed by atoms with E-state index in [4.69, 9.17) is 23.8 Å². The van der Waals surface area contributed by atoms with Crippen LogP contribution in [0, 0.1) is 27.2 Å². The van der Waals surface area contributed by atoms with Crippen LogP contribution in [0.15, 0.2) is 36.4 Å². The molecule has 31 heavy (non-hydrogen) atoms. The number of carbonyl (C=O) groups is 1. The molecule has 0 radical (unpaired) electrons. The molecule has 0 unspecified atom stereocenters. The molecule has 10 nitrogen and oxygen atoms in total. The molecule has 2 aromatic rings. The molecule has 162 valence electrons. The molecule has 1 aliphatic heterocycles. The lowest BCUT2D eigenvalue weighted by molar-refractivity contribution is -0.385. The maximum absolute atomic E-state index is 12.6. The maximum atomic E-state index is 12.6. The molecule has 0 saturated carbocycles. The van der Waals surface area contributed by atoms with Crippen LogP contribution in [0.1, 0.15) is 15.9 Å². The van der Waals surface area contributed by atoms with Crippen molar-refractivity contribution in [2.24, 2.45) is 0 Å². The summed E-state index contributed by atoms with van der Waals surface area (Å²) in [5.41, 5.74) is 0.563. The first-order chi connectivity index (χ1) is 14.7. The van der Waals surface area contributed by atoms with Gasteiger partial charge in [-0.25, -0.2) is 0 Å². The highest BCUT2D eigenvalue weighted by atomic mass is 35.5. The fraction of sp³-hybridized carbons (Fsp3) is 0.263. The molecular weight excluding hydrogens is 446 g/mol. The molecule has 0 aromatic heterocycles. The van der Waals surface area contributed by atoms with Crippen molar-refractivity contribution in [3.63, 3.8) is 0 Å². The van der Waals surface area contributed by atoms with Crippen LogP contribution >= 0.6 is 23.8 Å². The third-order valence-corrected chi connectivity index (χ3v) is 5.68.